The molecule has 0 atom stereocenters. The summed E-state index contributed by atoms with van der Waals surface area (Å²) < 4.78 is 57.5. The molecule has 0 saturated carbocycles. The first kappa shape index (κ1) is 12.0. The largest absolute Gasteiger partial charge is 3.00 e. The molecule has 1 radical (unpaired) electrons. The molecule has 55 valence electrons. The fraction of sp³-hybridized carbons (Fsp3) is 1.00. The van der Waals surface area contributed by atoms with E-state index < -0.39 is 15.6 Å². The Labute approximate surface area is 59.5 Å². The molecule has 0 amide bonds. The second-order valence-corrected chi connectivity index (χ2v) is 2.33. The third-order valence-corrected chi connectivity index (χ3v) is 0.877. The van der Waals surface area contributed by atoms with Gasteiger partial charge in [0.15, 0.2) is 0 Å². The van der Waals surface area contributed by atoms with Crippen LogP contribution in [-0.4, -0.2) is 18.5 Å². The smallest absolute Gasteiger partial charge is 0.279 e. The SMILES string of the molecule is O=S(=O)(O)C(F)(F)F.[Fe+3]. The zero-order valence-corrected chi connectivity index (χ0v) is 5.58. The van der Waals surface area contributed by atoms with Crippen LogP contribution in [0.25, 0.3) is 0 Å². The summed E-state index contributed by atoms with van der Waals surface area (Å²) in [4.78, 5) is 0. The number of halogens is 3. The van der Waals surface area contributed by atoms with Crippen LogP contribution >= 0.6 is 0 Å². The Morgan fingerprint density at radius 1 is 1.22 bits per heavy atom. The average molecular weight is 206 g/mol. The molecule has 0 rings (SSSR count). The van der Waals surface area contributed by atoms with E-state index in [1.807, 2.05) is 0 Å². The number of rotatable bonds is 0. The molecule has 0 spiro atoms. The molecule has 9 heavy (non-hydrogen) atoms. The zero-order chi connectivity index (χ0) is 7.00. The zero-order valence-electron chi connectivity index (χ0n) is 3.66. The maximum Gasteiger partial charge on any atom is 3.00 e. The Kier molecular flexibility index (Phi) is 3.81. The maximum atomic E-state index is 10.7. The molecule has 0 aromatic heterocycles. The van der Waals surface area contributed by atoms with E-state index in [4.69, 9.17) is 13.0 Å². The van der Waals surface area contributed by atoms with Crippen molar-refractivity contribution in [2.24, 2.45) is 0 Å². The van der Waals surface area contributed by atoms with E-state index in [2.05, 4.69) is 0 Å². The van der Waals surface area contributed by atoms with Crippen molar-refractivity contribution in [3.63, 3.8) is 0 Å². The van der Waals surface area contributed by atoms with Crippen LogP contribution in [0.1, 0.15) is 0 Å². The van der Waals surface area contributed by atoms with Gasteiger partial charge < -0.3 is 0 Å². The van der Waals surface area contributed by atoms with Gasteiger partial charge in [0.1, 0.15) is 0 Å². The molecule has 0 aliphatic heterocycles. The molecule has 3 nitrogen and oxygen atoms in total. The van der Waals surface area contributed by atoms with Gasteiger partial charge in [-0.15, -0.1) is 0 Å². The molecule has 0 fully saturated rings. The normalized spacial score (nSPS) is 12.4. The molecular weight excluding hydrogens is 205 g/mol. The second-order valence-electron chi connectivity index (χ2n) is 0.921. The number of hydrogen-bond acceptors (Lipinski definition) is 2. The van der Waals surface area contributed by atoms with Crippen LogP contribution in [0.15, 0.2) is 0 Å². The summed E-state index contributed by atoms with van der Waals surface area (Å²) in [5, 5.41) is 0. The summed E-state index contributed by atoms with van der Waals surface area (Å²) >= 11 is 0. The molecule has 0 heterocycles. The topological polar surface area (TPSA) is 54.4 Å². The summed E-state index contributed by atoms with van der Waals surface area (Å²) in [7, 11) is -5.84. The maximum absolute atomic E-state index is 10.7. The first-order valence-electron chi connectivity index (χ1n) is 1.29. The van der Waals surface area contributed by atoms with Crippen LogP contribution in [0.3, 0.4) is 0 Å². The summed E-state index contributed by atoms with van der Waals surface area (Å²) in [6.07, 6.45) is 0. The van der Waals surface area contributed by atoms with Gasteiger partial charge in [0.05, 0.1) is 0 Å². The van der Waals surface area contributed by atoms with E-state index in [9.17, 15) is 13.2 Å². The molecule has 0 aromatic rings. The van der Waals surface area contributed by atoms with Crippen LogP contribution in [0, 0.1) is 0 Å². The van der Waals surface area contributed by atoms with Crippen molar-refractivity contribution >= 4 is 10.1 Å². The standard InChI is InChI=1S/CHF3O3S.Fe/c2-1(3,4)8(5,6)7;/h(H,5,6,7);/q;+3. The first-order chi connectivity index (χ1) is 3.25. The van der Waals surface area contributed by atoms with Crippen molar-refractivity contribution < 1.29 is 43.2 Å². The van der Waals surface area contributed by atoms with Crippen molar-refractivity contribution in [1.29, 1.82) is 0 Å². The fourth-order valence-corrected chi connectivity index (χ4v) is 0. The van der Waals surface area contributed by atoms with Crippen LogP contribution in [0.4, 0.5) is 13.2 Å². The van der Waals surface area contributed by atoms with Crippen LogP contribution in [-0.2, 0) is 27.2 Å². The quantitative estimate of drug-likeness (QED) is 0.354. The van der Waals surface area contributed by atoms with E-state index in [0.717, 1.165) is 0 Å². The van der Waals surface area contributed by atoms with Gasteiger partial charge in [-0.05, 0) is 0 Å². The third-order valence-electron chi connectivity index (χ3n) is 0.292. The van der Waals surface area contributed by atoms with E-state index in [-0.39, 0.29) is 17.1 Å². The van der Waals surface area contributed by atoms with Crippen molar-refractivity contribution in [1.82, 2.24) is 0 Å². The predicted octanol–water partition coefficient (Wildman–Crippen LogP) is 0.392. The Balaban J connectivity index is 0. The molecule has 0 aliphatic rings. The van der Waals surface area contributed by atoms with Gasteiger partial charge in [-0.25, -0.2) is 0 Å². The Bertz CT molecular complexity index is 168. The summed E-state index contributed by atoms with van der Waals surface area (Å²) in [6.45, 7) is 0. The molecule has 1 N–H and O–H groups in total. The molecular formula is CHF3FeO3S+3. The number of hydrogen-bond donors (Lipinski definition) is 1. The Morgan fingerprint density at radius 3 is 1.33 bits per heavy atom. The van der Waals surface area contributed by atoms with Gasteiger partial charge in [0, 0.05) is 0 Å². The van der Waals surface area contributed by atoms with Gasteiger partial charge in [-0.1, -0.05) is 0 Å². The van der Waals surface area contributed by atoms with Crippen molar-refractivity contribution in [3.05, 3.63) is 0 Å². The average Bonchev–Trinajstić information content (AvgIpc) is 1.25. The molecule has 8 heteroatoms. The molecule has 0 aromatic carbocycles. The van der Waals surface area contributed by atoms with E-state index >= 15 is 0 Å². The van der Waals surface area contributed by atoms with Crippen LogP contribution in [0.5, 0.6) is 0 Å². The molecule has 0 unspecified atom stereocenters. The van der Waals surface area contributed by atoms with Crippen molar-refractivity contribution in [2.75, 3.05) is 0 Å². The molecule has 0 saturated heterocycles. The van der Waals surface area contributed by atoms with Crippen LogP contribution in [0.2, 0.25) is 0 Å². The van der Waals surface area contributed by atoms with E-state index in [1.165, 1.54) is 0 Å². The molecule has 0 bridgehead atoms. The molecule has 0 aliphatic carbocycles. The van der Waals surface area contributed by atoms with E-state index in [1.54, 1.807) is 0 Å². The van der Waals surface area contributed by atoms with Gasteiger partial charge in [-0.3, -0.25) is 4.55 Å². The van der Waals surface area contributed by atoms with Crippen LogP contribution < -0.4 is 0 Å². The summed E-state index contributed by atoms with van der Waals surface area (Å²) in [5.41, 5.74) is -5.53. The second kappa shape index (κ2) is 2.87. The fourth-order valence-electron chi connectivity index (χ4n) is 0. The van der Waals surface area contributed by atoms with Crippen molar-refractivity contribution in [2.45, 2.75) is 5.51 Å². The van der Waals surface area contributed by atoms with Crippen molar-refractivity contribution in [3.8, 4) is 0 Å². The van der Waals surface area contributed by atoms with Gasteiger partial charge in [0.25, 0.3) is 0 Å². The third kappa shape index (κ3) is 3.74. The summed E-state index contributed by atoms with van der Waals surface area (Å²) in [6, 6.07) is 0. The first-order valence-corrected chi connectivity index (χ1v) is 2.73. The summed E-state index contributed by atoms with van der Waals surface area (Å²) in [5.74, 6) is 0. The monoisotopic (exact) mass is 206 g/mol. The van der Waals surface area contributed by atoms with Gasteiger partial charge in [0.2, 0.25) is 0 Å². The minimum Gasteiger partial charge on any atom is -0.279 e. The Morgan fingerprint density at radius 2 is 1.33 bits per heavy atom. The number of alkyl halides is 3. The van der Waals surface area contributed by atoms with E-state index in [0.29, 0.717) is 0 Å². The minimum atomic E-state index is -5.84. The van der Waals surface area contributed by atoms with Gasteiger partial charge >= 0.3 is 32.7 Å². The minimum absolute atomic E-state index is 0. The van der Waals surface area contributed by atoms with Gasteiger partial charge in [-0.2, -0.15) is 21.6 Å². The Hall–Kier alpha value is 0.219. The predicted molar refractivity (Wildman–Crippen MR) is 17.6 cm³/mol.